The van der Waals surface area contributed by atoms with Crippen LogP contribution in [0, 0.1) is 11.8 Å². The van der Waals surface area contributed by atoms with Gasteiger partial charge in [0.2, 0.25) is 5.91 Å². The van der Waals surface area contributed by atoms with Crippen molar-refractivity contribution >= 4 is 40.2 Å². The van der Waals surface area contributed by atoms with E-state index in [0.717, 1.165) is 36.9 Å². The fourth-order valence-corrected chi connectivity index (χ4v) is 4.54. The minimum atomic E-state index is -5.08. The number of thiophene rings is 1. The second kappa shape index (κ2) is 7.95. The normalized spacial score (nSPS) is 22.5. The monoisotopic (exact) mass is 419 g/mol. The van der Waals surface area contributed by atoms with Crippen LogP contribution in [0.15, 0.2) is 28.4 Å². The summed E-state index contributed by atoms with van der Waals surface area (Å²) in [5, 5.41) is 14.4. The molecule has 2 atom stereocenters. The first-order valence-corrected chi connectivity index (χ1v) is 9.82. The van der Waals surface area contributed by atoms with E-state index in [0.29, 0.717) is 11.8 Å². The van der Waals surface area contributed by atoms with Crippen molar-refractivity contribution in [3.8, 4) is 0 Å². The summed E-state index contributed by atoms with van der Waals surface area (Å²) in [4.78, 5) is 30.1. The van der Waals surface area contributed by atoms with E-state index in [1.54, 1.807) is 22.7 Å². The summed E-state index contributed by atoms with van der Waals surface area (Å²) in [6.45, 7) is 3.64. The van der Waals surface area contributed by atoms with Crippen molar-refractivity contribution in [2.24, 2.45) is 11.8 Å². The second-order valence-corrected chi connectivity index (χ2v) is 7.98. The summed E-state index contributed by atoms with van der Waals surface area (Å²) in [6.07, 6.45) is -3.24. The number of rotatable bonds is 3. The number of alkyl halides is 3. The Balaban J connectivity index is 0.000000260. The lowest BCUT2D eigenvalue weighted by atomic mass is 10.0. The summed E-state index contributed by atoms with van der Waals surface area (Å²) < 4.78 is 31.7. The van der Waals surface area contributed by atoms with Gasteiger partial charge in [-0.2, -0.15) is 24.5 Å². The minimum absolute atomic E-state index is 0.176. The number of likely N-dealkylation sites (tertiary alicyclic amines) is 1. The SMILES string of the molecule is O=C(O)C(F)(F)F.O=C1[C@H]2CN(Cc3nccs3)C[C@H]2CN1c1ccsc1. The number of thiazole rings is 1. The molecule has 2 aromatic heterocycles. The molecule has 2 fully saturated rings. The summed E-state index contributed by atoms with van der Waals surface area (Å²) >= 11 is 3.34. The molecule has 1 N–H and O–H groups in total. The van der Waals surface area contributed by atoms with Gasteiger partial charge in [-0.05, 0) is 11.4 Å². The zero-order valence-corrected chi connectivity index (χ0v) is 15.6. The lowest BCUT2D eigenvalue weighted by molar-refractivity contribution is -0.192. The van der Waals surface area contributed by atoms with Gasteiger partial charge in [0.1, 0.15) is 5.01 Å². The number of hydrogen-bond donors (Lipinski definition) is 1. The lowest BCUT2D eigenvalue weighted by Gasteiger charge is -2.20. The highest BCUT2D eigenvalue weighted by Gasteiger charge is 2.46. The zero-order chi connectivity index (χ0) is 19.6. The molecule has 146 valence electrons. The molecule has 2 aromatic rings. The molecule has 0 spiro atoms. The lowest BCUT2D eigenvalue weighted by Crippen LogP contribution is -2.32. The highest BCUT2D eigenvalue weighted by atomic mass is 32.1. The molecule has 0 bridgehead atoms. The predicted molar refractivity (Wildman–Crippen MR) is 94.7 cm³/mol. The quantitative estimate of drug-likeness (QED) is 0.828. The van der Waals surface area contributed by atoms with Crippen LogP contribution in [-0.2, 0) is 16.1 Å². The van der Waals surface area contributed by atoms with Crippen LogP contribution in [0.3, 0.4) is 0 Å². The topological polar surface area (TPSA) is 73.7 Å². The number of carboxylic acid groups (broad SMARTS) is 1. The van der Waals surface area contributed by atoms with E-state index in [2.05, 4.69) is 15.3 Å². The molecule has 0 saturated carbocycles. The number of halogens is 3. The van der Waals surface area contributed by atoms with Gasteiger partial charge < -0.3 is 10.0 Å². The summed E-state index contributed by atoms with van der Waals surface area (Å²) in [7, 11) is 0. The molecule has 0 radical (unpaired) electrons. The molecule has 0 aliphatic carbocycles. The van der Waals surface area contributed by atoms with E-state index in [9.17, 15) is 18.0 Å². The van der Waals surface area contributed by atoms with Crippen molar-refractivity contribution in [2.75, 3.05) is 24.5 Å². The third-order valence-corrected chi connectivity index (χ3v) is 5.85. The van der Waals surface area contributed by atoms with Crippen LogP contribution in [0.1, 0.15) is 5.01 Å². The third-order valence-electron chi connectivity index (χ3n) is 4.42. The number of amides is 1. The maximum absolute atomic E-state index is 12.5. The zero-order valence-electron chi connectivity index (χ0n) is 13.9. The number of hydrogen-bond acceptors (Lipinski definition) is 6. The van der Waals surface area contributed by atoms with Crippen LogP contribution in [0.5, 0.6) is 0 Å². The number of fused-ring (bicyclic) bond motifs is 1. The van der Waals surface area contributed by atoms with E-state index in [-0.39, 0.29) is 5.92 Å². The summed E-state index contributed by atoms with van der Waals surface area (Å²) in [5.41, 5.74) is 1.07. The van der Waals surface area contributed by atoms with Crippen molar-refractivity contribution in [2.45, 2.75) is 12.7 Å². The van der Waals surface area contributed by atoms with Gasteiger partial charge in [-0.3, -0.25) is 9.69 Å². The van der Waals surface area contributed by atoms with Gasteiger partial charge >= 0.3 is 12.1 Å². The second-order valence-electron chi connectivity index (χ2n) is 6.22. The number of nitrogens with zero attached hydrogens (tertiary/aromatic N) is 3. The Kier molecular flexibility index (Phi) is 5.82. The Morgan fingerprint density at radius 2 is 2.04 bits per heavy atom. The Labute approximate surface area is 160 Å². The molecule has 1 amide bonds. The summed E-state index contributed by atoms with van der Waals surface area (Å²) in [6, 6.07) is 2.04. The maximum atomic E-state index is 12.5. The van der Waals surface area contributed by atoms with Crippen LogP contribution < -0.4 is 4.90 Å². The largest absolute Gasteiger partial charge is 0.490 e. The third kappa shape index (κ3) is 4.66. The first-order valence-electron chi connectivity index (χ1n) is 8.00. The van der Waals surface area contributed by atoms with Crippen LogP contribution >= 0.6 is 22.7 Å². The van der Waals surface area contributed by atoms with E-state index >= 15 is 0 Å². The van der Waals surface area contributed by atoms with Crippen LogP contribution in [0.2, 0.25) is 0 Å². The maximum Gasteiger partial charge on any atom is 0.490 e. The van der Waals surface area contributed by atoms with E-state index in [1.165, 1.54) is 0 Å². The van der Waals surface area contributed by atoms with Gasteiger partial charge in [-0.15, -0.1) is 11.3 Å². The molecule has 4 heterocycles. The van der Waals surface area contributed by atoms with E-state index < -0.39 is 12.1 Å². The first kappa shape index (κ1) is 19.8. The van der Waals surface area contributed by atoms with Gasteiger partial charge in [0, 0.05) is 42.5 Å². The molecule has 2 aliphatic heterocycles. The molecule has 0 aromatic carbocycles. The fraction of sp³-hybridized carbons (Fsp3) is 0.438. The van der Waals surface area contributed by atoms with Crippen LogP contribution in [-0.4, -0.2) is 52.7 Å². The minimum Gasteiger partial charge on any atom is -0.475 e. The Hall–Kier alpha value is -1.98. The van der Waals surface area contributed by atoms with Crippen molar-refractivity contribution in [3.63, 3.8) is 0 Å². The van der Waals surface area contributed by atoms with E-state index in [4.69, 9.17) is 9.90 Å². The van der Waals surface area contributed by atoms with E-state index in [1.807, 2.05) is 27.9 Å². The van der Waals surface area contributed by atoms with Gasteiger partial charge in [0.05, 0.1) is 18.2 Å². The Bertz CT molecular complexity index is 781. The van der Waals surface area contributed by atoms with Gasteiger partial charge in [0.25, 0.3) is 0 Å². The van der Waals surface area contributed by atoms with Gasteiger partial charge in [0.15, 0.2) is 0 Å². The smallest absolute Gasteiger partial charge is 0.475 e. The summed E-state index contributed by atoms with van der Waals surface area (Å²) in [5.74, 6) is -1.81. The molecule has 27 heavy (non-hydrogen) atoms. The van der Waals surface area contributed by atoms with Crippen molar-refractivity contribution < 1.29 is 27.9 Å². The van der Waals surface area contributed by atoms with Crippen LogP contribution in [0.25, 0.3) is 0 Å². The predicted octanol–water partition coefficient (Wildman–Crippen LogP) is 2.93. The molecule has 4 rings (SSSR count). The average molecular weight is 419 g/mol. The highest BCUT2D eigenvalue weighted by molar-refractivity contribution is 7.09. The molecule has 2 saturated heterocycles. The molecule has 11 heteroatoms. The Morgan fingerprint density at radius 3 is 2.56 bits per heavy atom. The fourth-order valence-electron chi connectivity index (χ4n) is 3.24. The molecular weight excluding hydrogens is 403 g/mol. The van der Waals surface area contributed by atoms with Gasteiger partial charge in [-0.25, -0.2) is 9.78 Å². The van der Waals surface area contributed by atoms with Crippen molar-refractivity contribution in [1.82, 2.24) is 9.88 Å². The molecular formula is C16H16F3N3O3S2. The Morgan fingerprint density at radius 1 is 1.30 bits per heavy atom. The number of carboxylic acids is 1. The highest BCUT2D eigenvalue weighted by Crippen LogP contribution is 2.36. The molecule has 6 nitrogen and oxygen atoms in total. The molecule has 2 aliphatic rings. The number of aliphatic carboxylic acids is 1. The number of anilines is 1. The van der Waals surface area contributed by atoms with Crippen LogP contribution in [0.4, 0.5) is 18.9 Å². The average Bonchev–Trinajstić information content (AvgIpc) is 3.35. The standard InChI is InChI=1S/C14H15N3OS2.C2HF3O2/c18-14-12-7-16(8-13-15-2-4-20-13)5-10(12)6-17(14)11-1-3-19-9-11;3-2(4,5)1(6)7/h1-4,9-10,12H,5-8H2;(H,6,7)/t10-,12-;/m0./s1. The first-order chi connectivity index (χ1) is 12.8. The number of carbonyl (C=O) groups excluding carboxylic acids is 1. The van der Waals surface area contributed by atoms with Crippen molar-refractivity contribution in [3.05, 3.63) is 33.4 Å². The number of aromatic nitrogens is 1. The molecule has 0 unspecified atom stereocenters. The number of carbonyl (C=O) groups is 2. The van der Waals surface area contributed by atoms with Gasteiger partial charge in [-0.1, -0.05) is 0 Å². The van der Waals surface area contributed by atoms with Crippen molar-refractivity contribution in [1.29, 1.82) is 0 Å².